The number of nitrogens with two attached hydrogens (primary N) is 1. The molecule has 4 N–H and O–H groups in total. The van der Waals surface area contributed by atoms with Crippen LogP contribution in [0, 0.1) is 0 Å². The molecule has 2 aromatic carbocycles. The predicted octanol–water partition coefficient (Wildman–Crippen LogP) is 4.21. The molecule has 0 fully saturated rings. The minimum atomic E-state index is -0.489. The van der Waals surface area contributed by atoms with E-state index >= 15 is 0 Å². The van der Waals surface area contributed by atoms with E-state index in [2.05, 4.69) is 15.7 Å². The van der Waals surface area contributed by atoms with E-state index in [1.54, 1.807) is 24.4 Å². The molecular formula is C16H13Cl2N5O. The number of nitrogens with one attached hydrogen (secondary N) is 2. The molecule has 1 aromatic heterocycles. The van der Waals surface area contributed by atoms with Crippen molar-refractivity contribution in [1.82, 2.24) is 9.66 Å². The predicted molar refractivity (Wildman–Crippen MR) is 96.9 cm³/mol. The van der Waals surface area contributed by atoms with Gasteiger partial charge in [0.05, 0.1) is 21.9 Å². The lowest BCUT2D eigenvalue weighted by Gasteiger charge is -2.09. The van der Waals surface area contributed by atoms with Crippen LogP contribution < -0.4 is 16.5 Å². The van der Waals surface area contributed by atoms with E-state index in [1.807, 2.05) is 30.3 Å². The van der Waals surface area contributed by atoms with Crippen LogP contribution in [-0.2, 0) is 0 Å². The number of benzene rings is 2. The third kappa shape index (κ3) is 3.61. The Morgan fingerprint density at radius 2 is 1.83 bits per heavy atom. The van der Waals surface area contributed by atoms with Gasteiger partial charge in [0, 0.05) is 11.3 Å². The normalized spacial score (nSPS) is 10.4. The second-order valence-corrected chi connectivity index (χ2v) is 5.73. The summed E-state index contributed by atoms with van der Waals surface area (Å²) in [6.07, 6.45) is 1.64. The highest BCUT2D eigenvalue weighted by Gasteiger charge is 2.10. The first-order chi connectivity index (χ1) is 11.5. The molecule has 0 aliphatic heterocycles. The van der Waals surface area contributed by atoms with Gasteiger partial charge in [-0.05, 0) is 18.2 Å². The number of rotatable bonds is 3. The zero-order valence-corrected chi connectivity index (χ0v) is 13.8. The van der Waals surface area contributed by atoms with Crippen molar-refractivity contribution in [2.24, 2.45) is 0 Å². The number of nitrogens with zero attached hydrogens (tertiary/aromatic N) is 2. The summed E-state index contributed by atoms with van der Waals surface area (Å²) >= 11 is 11.8. The van der Waals surface area contributed by atoms with Crippen molar-refractivity contribution in [1.29, 1.82) is 0 Å². The van der Waals surface area contributed by atoms with Crippen molar-refractivity contribution >= 4 is 40.9 Å². The van der Waals surface area contributed by atoms with Gasteiger partial charge < -0.3 is 11.1 Å². The summed E-state index contributed by atoms with van der Waals surface area (Å²) in [6, 6.07) is 13.8. The maximum absolute atomic E-state index is 12.1. The largest absolute Gasteiger partial charge is 0.368 e. The van der Waals surface area contributed by atoms with E-state index in [9.17, 15) is 4.79 Å². The summed E-state index contributed by atoms with van der Waals surface area (Å²) in [5, 5.41) is 3.40. The first-order valence-electron chi connectivity index (χ1n) is 6.96. The number of imidazole rings is 1. The molecule has 8 heteroatoms. The number of carbonyl (C=O) groups excluding carboxylic acids is 1. The van der Waals surface area contributed by atoms with Crippen molar-refractivity contribution in [2.45, 2.75) is 0 Å². The minimum absolute atomic E-state index is 0.165. The van der Waals surface area contributed by atoms with Crippen LogP contribution in [0.2, 0.25) is 10.0 Å². The van der Waals surface area contributed by atoms with Crippen LogP contribution in [0.4, 0.5) is 16.4 Å². The Labute approximate surface area is 148 Å². The number of aromatic nitrogens is 2. The summed E-state index contributed by atoms with van der Waals surface area (Å²) in [5.74, 6) is 0.165. The summed E-state index contributed by atoms with van der Waals surface area (Å²) in [7, 11) is 0. The van der Waals surface area contributed by atoms with Crippen LogP contribution in [0.5, 0.6) is 0 Å². The Morgan fingerprint density at radius 3 is 2.54 bits per heavy atom. The topological polar surface area (TPSA) is 85.0 Å². The van der Waals surface area contributed by atoms with Crippen molar-refractivity contribution in [3.63, 3.8) is 0 Å². The number of carbonyl (C=O) groups is 1. The van der Waals surface area contributed by atoms with Crippen molar-refractivity contribution in [3.05, 3.63) is 64.8 Å². The molecule has 1 heterocycles. The minimum Gasteiger partial charge on any atom is -0.368 e. The molecule has 0 aliphatic rings. The number of nitrogen functional groups attached to an aromatic ring is 1. The fourth-order valence-electron chi connectivity index (χ4n) is 2.07. The second-order valence-electron chi connectivity index (χ2n) is 4.92. The van der Waals surface area contributed by atoms with E-state index in [4.69, 9.17) is 28.9 Å². The number of hydrogen-bond acceptors (Lipinski definition) is 3. The Kier molecular flexibility index (Phi) is 4.59. The number of amides is 2. The molecule has 3 aromatic rings. The zero-order chi connectivity index (χ0) is 17.1. The molecule has 0 bridgehead atoms. The molecule has 0 saturated carbocycles. The lowest BCUT2D eigenvalue weighted by molar-refractivity contribution is 0.260. The van der Waals surface area contributed by atoms with Gasteiger partial charge in [-0.25, -0.2) is 19.9 Å². The standard InChI is InChI=1S/C16H13Cl2N5O/c17-12-7-6-11(8-13(12)18)20-16(24)22-23-9-14(21-15(23)19)10-4-2-1-3-5-10/h1-9H,(H2,19,21)(H2,20,22,24). The number of halogens is 2. The van der Waals surface area contributed by atoms with Gasteiger partial charge in [-0.3, -0.25) is 0 Å². The number of anilines is 2. The fraction of sp³-hybridized carbons (Fsp3) is 0. The van der Waals surface area contributed by atoms with Gasteiger partial charge in [-0.15, -0.1) is 0 Å². The van der Waals surface area contributed by atoms with Crippen LogP contribution in [-0.4, -0.2) is 15.7 Å². The van der Waals surface area contributed by atoms with E-state index in [1.165, 1.54) is 4.68 Å². The summed E-state index contributed by atoms with van der Waals surface area (Å²) in [4.78, 5) is 16.3. The SMILES string of the molecule is Nc1nc(-c2ccccc2)cn1NC(=O)Nc1ccc(Cl)c(Cl)c1. The van der Waals surface area contributed by atoms with Crippen LogP contribution in [0.3, 0.4) is 0 Å². The molecule has 0 unspecified atom stereocenters. The molecule has 122 valence electrons. The van der Waals surface area contributed by atoms with Gasteiger partial charge in [0.15, 0.2) is 0 Å². The monoisotopic (exact) mass is 361 g/mol. The van der Waals surface area contributed by atoms with Gasteiger partial charge in [-0.1, -0.05) is 53.5 Å². The molecule has 6 nitrogen and oxygen atoms in total. The van der Waals surface area contributed by atoms with Gasteiger partial charge >= 0.3 is 6.03 Å². The van der Waals surface area contributed by atoms with E-state index in [0.717, 1.165) is 5.56 Å². The molecule has 24 heavy (non-hydrogen) atoms. The van der Waals surface area contributed by atoms with Crippen LogP contribution in [0.1, 0.15) is 0 Å². The van der Waals surface area contributed by atoms with Gasteiger partial charge in [-0.2, -0.15) is 0 Å². The molecule has 0 spiro atoms. The molecular weight excluding hydrogens is 349 g/mol. The average molecular weight is 362 g/mol. The quantitative estimate of drug-likeness (QED) is 0.652. The zero-order valence-electron chi connectivity index (χ0n) is 12.3. The molecule has 0 aliphatic carbocycles. The third-order valence-corrected chi connectivity index (χ3v) is 3.94. The van der Waals surface area contributed by atoms with E-state index in [-0.39, 0.29) is 5.95 Å². The molecule has 3 rings (SSSR count). The highest BCUT2D eigenvalue weighted by molar-refractivity contribution is 6.42. The maximum Gasteiger partial charge on any atom is 0.338 e. The Balaban J connectivity index is 1.72. The van der Waals surface area contributed by atoms with E-state index in [0.29, 0.717) is 21.4 Å². The molecule has 0 radical (unpaired) electrons. The van der Waals surface area contributed by atoms with Gasteiger partial charge in [0.1, 0.15) is 0 Å². The van der Waals surface area contributed by atoms with Crippen LogP contribution >= 0.6 is 23.2 Å². The number of hydrogen-bond donors (Lipinski definition) is 3. The molecule has 0 atom stereocenters. The fourth-order valence-corrected chi connectivity index (χ4v) is 2.37. The lowest BCUT2D eigenvalue weighted by atomic mass is 10.2. The van der Waals surface area contributed by atoms with Crippen molar-refractivity contribution < 1.29 is 4.79 Å². The lowest BCUT2D eigenvalue weighted by Crippen LogP contribution is -2.28. The number of urea groups is 1. The third-order valence-electron chi connectivity index (χ3n) is 3.20. The highest BCUT2D eigenvalue weighted by atomic mass is 35.5. The van der Waals surface area contributed by atoms with Crippen LogP contribution in [0.15, 0.2) is 54.7 Å². The maximum atomic E-state index is 12.1. The molecule has 0 saturated heterocycles. The summed E-state index contributed by atoms with van der Waals surface area (Å²) in [6.45, 7) is 0. The Morgan fingerprint density at radius 1 is 1.08 bits per heavy atom. The molecule has 2 amide bonds. The average Bonchev–Trinajstić information content (AvgIpc) is 2.93. The van der Waals surface area contributed by atoms with Crippen molar-refractivity contribution in [3.8, 4) is 11.3 Å². The summed E-state index contributed by atoms with van der Waals surface area (Å²) < 4.78 is 1.34. The Bertz CT molecular complexity index is 879. The first-order valence-corrected chi connectivity index (χ1v) is 7.72. The summed E-state index contributed by atoms with van der Waals surface area (Å²) in [5.41, 5.74) is 10.5. The van der Waals surface area contributed by atoms with Crippen molar-refractivity contribution in [2.75, 3.05) is 16.5 Å². The highest BCUT2D eigenvalue weighted by Crippen LogP contribution is 2.25. The van der Waals surface area contributed by atoms with Gasteiger partial charge in [0.2, 0.25) is 5.95 Å². The second kappa shape index (κ2) is 6.82. The first kappa shape index (κ1) is 16.2. The van der Waals surface area contributed by atoms with Gasteiger partial charge in [0.25, 0.3) is 0 Å². The van der Waals surface area contributed by atoms with E-state index < -0.39 is 6.03 Å². The Hall–Kier alpha value is -2.70. The smallest absolute Gasteiger partial charge is 0.338 e. The van der Waals surface area contributed by atoms with Crippen LogP contribution in [0.25, 0.3) is 11.3 Å².